The molecule has 0 aromatic heterocycles. The van der Waals surface area contributed by atoms with Crippen LogP contribution in [0.25, 0.3) is 0 Å². The monoisotopic (exact) mass is 336 g/mol. The fourth-order valence-corrected chi connectivity index (χ4v) is 2.09. The number of halogens is 3. The van der Waals surface area contributed by atoms with Crippen LogP contribution < -0.4 is 10.6 Å². The third kappa shape index (κ3) is 3.43. The van der Waals surface area contributed by atoms with Crippen LogP contribution >= 0.6 is 28.3 Å². The van der Waals surface area contributed by atoms with Crippen molar-refractivity contribution >= 4 is 39.9 Å². The Hall–Kier alpha value is -0.650. The number of hydrogen-bond acceptors (Lipinski definition) is 2. The quantitative estimate of drug-likeness (QED) is 0.890. The van der Waals surface area contributed by atoms with Gasteiger partial charge in [-0.1, -0.05) is 6.92 Å². The van der Waals surface area contributed by atoms with Crippen LogP contribution in [0, 0.1) is 17.7 Å². The van der Waals surface area contributed by atoms with Crippen molar-refractivity contribution in [3.63, 3.8) is 0 Å². The largest absolute Gasteiger partial charge is 0.326 e. The van der Waals surface area contributed by atoms with Gasteiger partial charge < -0.3 is 10.6 Å². The van der Waals surface area contributed by atoms with Gasteiger partial charge in [-0.25, -0.2) is 4.39 Å². The normalized spacial score (nSPS) is 16.4. The zero-order valence-corrected chi connectivity index (χ0v) is 12.3. The predicted molar refractivity (Wildman–Crippen MR) is 75.5 cm³/mol. The van der Waals surface area contributed by atoms with E-state index in [0.717, 1.165) is 13.1 Å². The predicted octanol–water partition coefficient (Wildman–Crippen LogP) is 2.80. The lowest BCUT2D eigenvalue weighted by Gasteiger charge is -2.31. The minimum absolute atomic E-state index is 0. The summed E-state index contributed by atoms with van der Waals surface area (Å²) in [6.07, 6.45) is 0. The highest BCUT2D eigenvalue weighted by Crippen LogP contribution is 2.22. The maximum absolute atomic E-state index is 13.0. The Balaban J connectivity index is 0.00000162. The smallest absolute Gasteiger partial charge is 0.227 e. The minimum atomic E-state index is -0.334. The lowest BCUT2D eigenvalue weighted by Crippen LogP contribution is -2.48. The molecule has 2 N–H and O–H groups in total. The first kappa shape index (κ1) is 15.4. The molecule has 1 aliphatic rings. The van der Waals surface area contributed by atoms with E-state index < -0.39 is 0 Å². The molecule has 1 unspecified atom stereocenters. The second-order valence-electron chi connectivity index (χ2n) is 4.33. The minimum Gasteiger partial charge on any atom is -0.326 e. The van der Waals surface area contributed by atoms with Crippen LogP contribution in [0.4, 0.5) is 10.1 Å². The molecule has 1 aromatic carbocycles. The Labute approximate surface area is 120 Å². The van der Waals surface area contributed by atoms with Crippen LogP contribution in [-0.4, -0.2) is 19.0 Å². The molecule has 18 heavy (non-hydrogen) atoms. The van der Waals surface area contributed by atoms with Crippen LogP contribution in [0.2, 0.25) is 0 Å². The molecule has 2 rings (SSSR count). The van der Waals surface area contributed by atoms with E-state index in [-0.39, 0.29) is 30.0 Å². The Kier molecular flexibility index (Phi) is 5.56. The molecular formula is C12H15BrClFN2O. The Morgan fingerprint density at radius 2 is 2.22 bits per heavy atom. The van der Waals surface area contributed by atoms with E-state index in [0.29, 0.717) is 16.1 Å². The van der Waals surface area contributed by atoms with Crippen molar-refractivity contribution in [2.75, 3.05) is 18.4 Å². The molecule has 1 heterocycles. The molecule has 1 aliphatic heterocycles. The summed E-state index contributed by atoms with van der Waals surface area (Å²) in [5, 5.41) is 5.94. The molecule has 1 aromatic rings. The first-order chi connectivity index (χ1) is 8.08. The summed E-state index contributed by atoms with van der Waals surface area (Å²) in [5.41, 5.74) is 0.613. The maximum atomic E-state index is 13.0. The fraction of sp³-hybridized carbons (Fsp3) is 0.417. The fourth-order valence-electron chi connectivity index (χ4n) is 1.71. The van der Waals surface area contributed by atoms with E-state index in [1.807, 2.05) is 6.92 Å². The van der Waals surface area contributed by atoms with Crippen molar-refractivity contribution < 1.29 is 9.18 Å². The number of benzene rings is 1. The second kappa shape index (κ2) is 6.50. The van der Waals surface area contributed by atoms with Gasteiger partial charge in [-0.2, -0.15) is 0 Å². The first-order valence-corrected chi connectivity index (χ1v) is 6.34. The molecule has 1 amide bonds. The highest BCUT2D eigenvalue weighted by Gasteiger charge is 2.28. The van der Waals surface area contributed by atoms with Crippen molar-refractivity contribution in [2.45, 2.75) is 6.92 Å². The number of amides is 1. The molecule has 3 nitrogen and oxygen atoms in total. The van der Waals surface area contributed by atoms with Crippen molar-refractivity contribution in [1.82, 2.24) is 5.32 Å². The lowest BCUT2D eigenvalue weighted by atomic mass is 9.88. The Morgan fingerprint density at radius 1 is 1.56 bits per heavy atom. The van der Waals surface area contributed by atoms with Gasteiger partial charge in [0.1, 0.15) is 5.82 Å². The zero-order chi connectivity index (χ0) is 12.4. The first-order valence-electron chi connectivity index (χ1n) is 5.54. The molecular weight excluding hydrogens is 322 g/mol. The third-order valence-corrected chi connectivity index (χ3v) is 3.73. The summed E-state index contributed by atoms with van der Waals surface area (Å²) in [4.78, 5) is 11.9. The van der Waals surface area contributed by atoms with E-state index in [1.54, 1.807) is 12.1 Å². The van der Waals surface area contributed by atoms with E-state index in [2.05, 4.69) is 26.6 Å². The van der Waals surface area contributed by atoms with Gasteiger partial charge in [0.2, 0.25) is 5.91 Å². The topological polar surface area (TPSA) is 41.1 Å². The summed E-state index contributed by atoms with van der Waals surface area (Å²) >= 11 is 3.09. The second-order valence-corrected chi connectivity index (χ2v) is 5.18. The molecule has 1 saturated heterocycles. The number of rotatable bonds is 3. The summed E-state index contributed by atoms with van der Waals surface area (Å²) in [6.45, 7) is 3.70. The van der Waals surface area contributed by atoms with E-state index in [1.165, 1.54) is 6.07 Å². The molecule has 1 fully saturated rings. The average Bonchev–Trinajstić information content (AvgIpc) is 2.21. The summed E-state index contributed by atoms with van der Waals surface area (Å²) in [5.74, 6) is 0.0215. The van der Waals surface area contributed by atoms with Crippen LogP contribution in [0.3, 0.4) is 0 Å². The van der Waals surface area contributed by atoms with Gasteiger partial charge in [0, 0.05) is 11.6 Å². The van der Waals surface area contributed by atoms with Gasteiger partial charge in [0.25, 0.3) is 0 Å². The van der Waals surface area contributed by atoms with Gasteiger partial charge in [0.05, 0.1) is 4.47 Å². The SMILES string of the molecule is CC(C(=O)Nc1ccc(F)c(Br)c1)C1CNC1.Cl. The van der Waals surface area contributed by atoms with Gasteiger partial charge in [-0.15, -0.1) is 12.4 Å². The van der Waals surface area contributed by atoms with E-state index in [4.69, 9.17) is 0 Å². The molecule has 0 aliphatic carbocycles. The number of carbonyl (C=O) groups is 1. The molecule has 1 atom stereocenters. The maximum Gasteiger partial charge on any atom is 0.227 e. The molecule has 0 saturated carbocycles. The van der Waals surface area contributed by atoms with Gasteiger partial charge >= 0.3 is 0 Å². The van der Waals surface area contributed by atoms with Crippen molar-refractivity contribution in [2.24, 2.45) is 11.8 Å². The van der Waals surface area contributed by atoms with Crippen LogP contribution in [0.1, 0.15) is 6.92 Å². The molecule has 0 bridgehead atoms. The standard InChI is InChI=1S/C12H14BrFN2O.ClH/c1-7(8-5-15-6-8)12(17)16-9-2-3-11(14)10(13)4-9;/h2-4,7-8,15H,5-6H2,1H3,(H,16,17);1H. The van der Waals surface area contributed by atoms with E-state index in [9.17, 15) is 9.18 Å². The molecule has 6 heteroatoms. The highest BCUT2D eigenvalue weighted by atomic mass is 79.9. The van der Waals surface area contributed by atoms with Gasteiger partial charge in [-0.05, 0) is 53.1 Å². The van der Waals surface area contributed by atoms with Crippen molar-refractivity contribution in [1.29, 1.82) is 0 Å². The van der Waals surface area contributed by atoms with Crippen LogP contribution in [0.5, 0.6) is 0 Å². The summed E-state index contributed by atoms with van der Waals surface area (Å²) in [6, 6.07) is 4.46. The van der Waals surface area contributed by atoms with Crippen molar-refractivity contribution in [3.8, 4) is 0 Å². The zero-order valence-electron chi connectivity index (χ0n) is 9.87. The Bertz CT molecular complexity index is 440. The highest BCUT2D eigenvalue weighted by molar-refractivity contribution is 9.10. The molecule has 0 spiro atoms. The van der Waals surface area contributed by atoms with Gasteiger partial charge in [0.15, 0.2) is 0 Å². The van der Waals surface area contributed by atoms with Gasteiger partial charge in [-0.3, -0.25) is 4.79 Å². The lowest BCUT2D eigenvalue weighted by molar-refractivity contribution is -0.121. The van der Waals surface area contributed by atoms with E-state index >= 15 is 0 Å². The number of hydrogen-bond donors (Lipinski definition) is 2. The number of carbonyl (C=O) groups excluding carboxylic acids is 1. The Morgan fingerprint density at radius 3 is 2.72 bits per heavy atom. The number of nitrogens with one attached hydrogen (secondary N) is 2. The van der Waals surface area contributed by atoms with Crippen molar-refractivity contribution in [3.05, 3.63) is 28.5 Å². The molecule has 100 valence electrons. The summed E-state index contributed by atoms with van der Waals surface area (Å²) in [7, 11) is 0. The third-order valence-electron chi connectivity index (χ3n) is 3.12. The molecule has 0 radical (unpaired) electrons. The van der Waals surface area contributed by atoms with Crippen LogP contribution in [0.15, 0.2) is 22.7 Å². The van der Waals surface area contributed by atoms with Crippen LogP contribution in [-0.2, 0) is 4.79 Å². The summed E-state index contributed by atoms with van der Waals surface area (Å²) < 4.78 is 13.4. The number of anilines is 1. The average molecular weight is 338 g/mol.